The predicted octanol–water partition coefficient (Wildman–Crippen LogP) is 2.56. The Labute approximate surface area is 136 Å². The molecule has 3 heterocycles. The number of thiazole rings is 1. The van der Waals surface area contributed by atoms with Gasteiger partial charge in [0.25, 0.3) is 5.91 Å². The predicted molar refractivity (Wildman–Crippen MR) is 86.6 cm³/mol. The van der Waals surface area contributed by atoms with Gasteiger partial charge < -0.3 is 4.74 Å². The standard InChI is InChI=1S/C15H13N5O2S/c1-9-3-4-16-7-11(9)12-8-23-15(19-12)20-13(21)10-5-17-14(22-2)18-6-10/h3-8H,1-2H3,(H,19,20,21). The highest BCUT2D eigenvalue weighted by Crippen LogP contribution is 2.26. The van der Waals surface area contributed by atoms with Gasteiger partial charge in [-0.1, -0.05) is 0 Å². The first kappa shape index (κ1) is 15.0. The van der Waals surface area contributed by atoms with Gasteiger partial charge in [0.1, 0.15) is 0 Å². The Morgan fingerprint density at radius 2 is 2.04 bits per heavy atom. The first-order chi connectivity index (χ1) is 11.2. The third-order valence-electron chi connectivity index (χ3n) is 3.11. The topological polar surface area (TPSA) is 89.9 Å². The highest BCUT2D eigenvalue weighted by molar-refractivity contribution is 7.14. The molecule has 0 saturated heterocycles. The molecule has 116 valence electrons. The molecule has 8 heteroatoms. The van der Waals surface area contributed by atoms with Gasteiger partial charge in [0.2, 0.25) is 0 Å². The smallest absolute Gasteiger partial charge is 0.316 e. The summed E-state index contributed by atoms with van der Waals surface area (Å²) in [4.78, 5) is 28.5. The fourth-order valence-corrected chi connectivity index (χ4v) is 2.60. The quantitative estimate of drug-likeness (QED) is 0.792. The van der Waals surface area contributed by atoms with Crippen molar-refractivity contribution in [3.63, 3.8) is 0 Å². The molecule has 0 aliphatic heterocycles. The highest BCUT2D eigenvalue weighted by atomic mass is 32.1. The van der Waals surface area contributed by atoms with Crippen molar-refractivity contribution in [1.29, 1.82) is 0 Å². The molecule has 0 bridgehead atoms. The van der Waals surface area contributed by atoms with Crippen LogP contribution in [-0.2, 0) is 0 Å². The van der Waals surface area contributed by atoms with Gasteiger partial charge in [-0.15, -0.1) is 11.3 Å². The number of hydrogen-bond acceptors (Lipinski definition) is 7. The maximum atomic E-state index is 12.1. The van der Waals surface area contributed by atoms with Crippen LogP contribution in [0.5, 0.6) is 6.01 Å². The van der Waals surface area contributed by atoms with Crippen LogP contribution in [0.2, 0.25) is 0 Å². The van der Waals surface area contributed by atoms with E-state index in [1.54, 1.807) is 12.4 Å². The van der Waals surface area contributed by atoms with Crippen molar-refractivity contribution in [2.24, 2.45) is 0 Å². The summed E-state index contributed by atoms with van der Waals surface area (Å²) in [5.74, 6) is -0.323. The molecule has 0 unspecified atom stereocenters. The molecular weight excluding hydrogens is 314 g/mol. The van der Waals surface area contributed by atoms with Gasteiger partial charge in [0.05, 0.1) is 18.4 Å². The van der Waals surface area contributed by atoms with E-state index < -0.39 is 0 Å². The Morgan fingerprint density at radius 3 is 2.74 bits per heavy atom. The van der Waals surface area contributed by atoms with Gasteiger partial charge >= 0.3 is 6.01 Å². The average molecular weight is 327 g/mol. The van der Waals surface area contributed by atoms with E-state index in [2.05, 4.69) is 25.3 Å². The van der Waals surface area contributed by atoms with Crippen molar-refractivity contribution in [3.8, 4) is 17.3 Å². The van der Waals surface area contributed by atoms with E-state index in [0.29, 0.717) is 10.7 Å². The Bertz CT molecular complexity index is 832. The normalized spacial score (nSPS) is 10.3. The average Bonchev–Trinajstić information content (AvgIpc) is 3.03. The molecule has 7 nitrogen and oxygen atoms in total. The molecule has 0 fully saturated rings. The minimum atomic E-state index is -0.323. The van der Waals surface area contributed by atoms with Gasteiger partial charge in [-0.25, -0.2) is 15.0 Å². The van der Waals surface area contributed by atoms with Gasteiger partial charge in [-0.2, -0.15) is 0 Å². The van der Waals surface area contributed by atoms with Crippen LogP contribution >= 0.6 is 11.3 Å². The van der Waals surface area contributed by atoms with Crippen molar-refractivity contribution in [2.75, 3.05) is 12.4 Å². The summed E-state index contributed by atoms with van der Waals surface area (Å²) < 4.78 is 4.86. The number of ether oxygens (including phenoxy) is 1. The van der Waals surface area contributed by atoms with E-state index in [9.17, 15) is 4.79 Å². The van der Waals surface area contributed by atoms with Crippen molar-refractivity contribution < 1.29 is 9.53 Å². The third-order valence-corrected chi connectivity index (χ3v) is 3.87. The lowest BCUT2D eigenvalue weighted by Crippen LogP contribution is -2.12. The maximum Gasteiger partial charge on any atom is 0.316 e. The van der Waals surface area contributed by atoms with Crippen LogP contribution in [0.4, 0.5) is 5.13 Å². The number of methoxy groups -OCH3 is 1. The Hall–Kier alpha value is -2.87. The second kappa shape index (κ2) is 6.49. The maximum absolute atomic E-state index is 12.1. The number of carbonyl (C=O) groups is 1. The molecule has 23 heavy (non-hydrogen) atoms. The van der Waals surface area contributed by atoms with Crippen molar-refractivity contribution in [3.05, 3.63) is 47.4 Å². The third kappa shape index (κ3) is 3.32. The Morgan fingerprint density at radius 1 is 1.26 bits per heavy atom. The second-order valence-electron chi connectivity index (χ2n) is 4.64. The molecular formula is C15H13N5O2S. The van der Waals surface area contributed by atoms with Crippen LogP contribution < -0.4 is 10.1 Å². The van der Waals surface area contributed by atoms with Crippen LogP contribution in [0.3, 0.4) is 0 Å². The van der Waals surface area contributed by atoms with Crippen LogP contribution in [0, 0.1) is 6.92 Å². The molecule has 0 aliphatic carbocycles. The number of pyridine rings is 1. The van der Waals surface area contributed by atoms with Crippen molar-refractivity contribution in [2.45, 2.75) is 6.92 Å². The molecule has 1 amide bonds. The first-order valence-electron chi connectivity index (χ1n) is 6.71. The van der Waals surface area contributed by atoms with Crippen LogP contribution in [-0.4, -0.2) is 33.0 Å². The lowest BCUT2D eigenvalue weighted by Gasteiger charge is -2.02. The van der Waals surface area contributed by atoms with E-state index >= 15 is 0 Å². The Balaban J connectivity index is 1.76. The molecule has 0 saturated carbocycles. The zero-order valence-corrected chi connectivity index (χ0v) is 13.3. The number of anilines is 1. The molecule has 0 radical (unpaired) electrons. The lowest BCUT2D eigenvalue weighted by atomic mass is 10.1. The molecule has 0 atom stereocenters. The minimum absolute atomic E-state index is 0.213. The summed E-state index contributed by atoms with van der Waals surface area (Å²) in [6.07, 6.45) is 6.30. The summed E-state index contributed by atoms with van der Waals surface area (Å²) in [5.41, 5.74) is 3.13. The molecule has 0 spiro atoms. The van der Waals surface area contributed by atoms with Gasteiger partial charge in [-0.3, -0.25) is 15.1 Å². The van der Waals surface area contributed by atoms with Gasteiger partial charge in [-0.05, 0) is 18.6 Å². The summed E-state index contributed by atoms with van der Waals surface area (Å²) in [6, 6.07) is 2.13. The number of nitrogens with zero attached hydrogens (tertiary/aromatic N) is 4. The lowest BCUT2D eigenvalue weighted by molar-refractivity contribution is 0.102. The number of amides is 1. The summed E-state index contributed by atoms with van der Waals surface area (Å²) in [6.45, 7) is 1.99. The summed E-state index contributed by atoms with van der Waals surface area (Å²) in [5, 5.41) is 5.12. The van der Waals surface area contributed by atoms with Crippen molar-refractivity contribution >= 4 is 22.4 Å². The van der Waals surface area contributed by atoms with Crippen molar-refractivity contribution in [1.82, 2.24) is 19.9 Å². The minimum Gasteiger partial charge on any atom is -0.467 e. The molecule has 1 N–H and O–H groups in total. The van der Waals surface area contributed by atoms with Gasteiger partial charge in [0, 0.05) is 35.7 Å². The van der Waals surface area contributed by atoms with E-state index in [4.69, 9.17) is 4.74 Å². The fraction of sp³-hybridized carbons (Fsp3) is 0.133. The first-order valence-corrected chi connectivity index (χ1v) is 7.59. The van der Waals surface area contributed by atoms with E-state index in [1.807, 2.05) is 18.4 Å². The number of aromatic nitrogens is 4. The molecule has 0 aliphatic rings. The number of nitrogens with one attached hydrogen (secondary N) is 1. The molecule has 3 aromatic rings. The monoisotopic (exact) mass is 327 g/mol. The largest absolute Gasteiger partial charge is 0.467 e. The van der Waals surface area contributed by atoms with Crippen LogP contribution in [0.1, 0.15) is 15.9 Å². The number of hydrogen-bond donors (Lipinski definition) is 1. The van der Waals surface area contributed by atoms with Crippen LogP contribution in [0.15, 0.2) is 36.2 Å². The SMILES string of the molecule is COc1ncc(C(=O)Nc2nc(-c3cnccc3C)cs2)cn1. The number of rotatable bonds is 4. The zero-order valence-electron chi connectivity index (χ0n) is 12.5. The highest BCUT2D eigenvalue weighted by Gasteiger charge is 2.12. The van der Waals surface area contributed by atoms with E-state index in [1.165, 1.54) is 30.8 Å². The molecule has 3 aromatic heterocycles. The molecule has 3 rings (SSSR count). The second-order valence-corrected chi connectivity index (χ2v) is 5.50. The van der Waals surface area contributed by atoms with Crippen LogP contribution in [0.25, 0.3) is 11.3 Å². The van der Waals surface area contributed by atoms with E-state index in [-0.39, 0.29) is 11.9 Å². The molecule has 0 aromatic carbocycles. The number of aryl methyl sites for hydroxylation is 1. The van der Waals surface area contributed by atoms with Gasteiger partial charge in [0.15, 0.2) is 5.13 Å². The number of carbonyl (C=O) groups excluding carboxylic acids is 1. The van der Waals surface area contributed by atoms with E-state index in [0.717, 1.165) is 16.8 Å². The summed E-state index contributed by atoms with van der Waals surface area (Å²) in [7, 11) is 1.46. The fourth-order valence-electron chi connectivity index (χ4n) is 1.90. The zero-order chi connectivity index (χ0) is 16.2. The summed E-state index contributed by atoms with van der Waals surface area (Å²) >= 11 is 1.35. The Kier molecular flexibility index (Phi) is 4.24.